The number of cyclic esters (lactones) is 1. The van der Waals surface area contributed by atoms with E-state index in [2.05, 4.69) is 16.0 Å². The van der Waals surface area contributed by atoms with E-state index >= 15 is 0 Å². The normalized spacial score (nSPS) is 24.9. The number of rotatable bonds is 7. The van der Waals surface area contributed by atoms with Crippen molar-refractivity contribution in [2.24, 2.45) is 0 Å². The summed E-state index contributed by atoms with van der Waals surface area (Å²) in [5.74, 6) is -6.80. The zero-order chi connectivity index (χ0) is 39.1. The monoisotopic (exact) mass is 750 g/mol. The summed E-state index contributed by atoms with van der Waals surface area (Å²) < 4.78 is 33.9. The fourth-order valence-electron chi connectivity index (χ4n) is 6.85. The van der Waals surface area contributed by atoms with Crippen molar-refractivity contribution in [1.29, 1.82) is 0 Å². The van der Waals surface area contributed by atoms with E-state index in [0.29, 0.717) is 24.5 Å². The van der Waals surface area contributed by atoms with Crippen LogP contribution in [0.5, 0.6) is 0 Å². The number of esters is 1. The van der Waals surface area contributed by atoms with E-state index < -0.39 is 95.9 Å². The fraction of sp³-hybridized carbons (Fsp3) is 0.447. The van der Waals surface area contributed by atoms with Crippen LogP contribution in [0.1, 0.15) is 50.7 Å². The quantitative estimate of drug-likeness (QED) is 0.279. The predicted octanol–water partition coefficient (Wildman–Crippen LogP) is 1.08. The van der Waals surface area contributed by atoms with E-state index in [4.69, 9.17) is 4.74 Å². The Balaban J connectivity index is 1.45. The molecule has 5 rings (SSSR count). The number of fused-ring (bicyclic) bond motifs is 2. The third kappa shape index (κ3) is 9.46. The van der Waals surface area contributed by atoms with Gasteiger partial charge in [-0.15, -0.1) is 0 Å². The van der Waals surface area contributed by atoms with Gasteiger partial charge in [0.15, 0.2) is 0 Å². The van der Waals surface area contributed by atoms with Crippen LogP contribution in [0, 0.1) is 11.6 Å². The smallest absolute Gasteiger partial charge is 0.328 e. The molecule has 6 amide bonds. The van der Waals surface area contributed by atoms with Crippen molar-refractivity contribution < 1.29 is 47.1 Å². The SMILES string of the molecule is C[C@@H]1NC(=O)[C@H](C)N(C)C(=O)[C@@H]2CCCN2C(=O)[C@@H](NC(=O)[C@H](Cc2cc(F)cc(F)c2)NC(=O)/C=C/c2ccccc2)COC(=O)[C@@H]2CCCN2C1=O. The maximum atomic E-state index is 14.2. The number of nitrogens with zero attached hydrogens (tertiary/aromatic N) is 3. The van der Waals surface area contributed by atoms with E-state index in [1.807, 2.05) is 0 Å². The molecule has 16 heteroatoms. The van der Waals surface area contributed by atoms with Crippen LogP contribution < -0.4 is 16.0 Å². The van der Waals surface area contributed by atoms with E-state index in [0.717, 1.165) is 12.1 Å². The highest BCUT2D eigenvalue weighted by atomic mass is 19.1. The van der Waals surface area contributed by atoms with Crippen molar-refractivity contribution in [1.82, 2.24) is 30.7 Å². The molecule has 0 spiro atoms. The number of ether oxygens (including phenoxy) is 1. The zero-order valence-corrected chi connectivity index (χ0v) is 30.3. The third-order valence-corrected chi connectivity index (χ3v) is 9.89. The molecule has 3 aliphatic rings. The summed E-state index contributed by atoms with van der Waals surface area (Å²) in [4.78, 5) is 98.8. The van der Waals surface area contributed by atoms with Gasteiger partial charge in [-0.25, -0.2) is 13.6 Å². The van der Waals surface area contributed by atoms with Crippen LogP contribution in [-0.2, 0) is 44.7 Å². The Morgan fingerprint density at radius 3 is 2.20 bits per heavy atom. The molecular weight excluding hydrogens is 706 g/mol. The molecule has 0 radical (unpaired) electrons. The second-order valence-electron chi connectivity index (χ2n) is 13.7. The van der Waals surface area contributed by atoms with E-state index in [1.165, 1.54) is 47.7 Å². The van der Waals surface area contributed by atoms with E-state index in [1.54, 1.807) is 30.3 Å². The summed E-state index contributed by atoms with van der Waals surface area (Å²) in [6.07, 6.45) is 3.67. The van der Waals surface area contributed by atoms with Crippen LogP contribution in [0.3, 0.4) is 0 Å². The Morgan fingerprint density at radius 2 is 1.54 bits per heavy atom. The van der Waals surface area contributed by atoms with Crippen LogP contribution in [0.2, 0.25) is 0 Å². The molecule has 0 aromatic heterocycles. The van der Waals surface area contributed by atoms with Gasteiger partial charge in [0.2, 0.25) is 35.4 Å². The van der Waals surface area contributed by atoms with Crippen molar-refractivity contribution in [2.75, 3.05) is 26.7 Å². The molecule has 0 aliphatic carbocycles. The number of hydrogen-bond acceptors (Lipinski definition) is 8. The maximum absolute atomic E-state index is 14.2. The number of halogens is 2. The first-order valence-electron chi connectivity index (χ1n) is 17.9. The van der Waals surface area contributed by atoms with Crippen molar-refractivity contribution in [3.05, 3.63) is 77.4 Å². The Bertz CT molecular complexity index is 1790. The number of carbonyl (C=O) groups is 7. The van der Waals surface area contributed by atoms with Gasteiger partial charge in [-0.3, -0.25) is 28.8 Å². The lowest BCUT2D eigenvalue weighted by molar-refractivity contribution is -0.158. The molecule has 0 unspecified atom stereocenters. The van der Waals surface area contributed by atoms with Crippen molar-refractivity contribution in [3.8, 4) is 0 Å². The fourth-order valence-corrected chi connectivity index (χ4v) is 6.85. The van der Waals surface area contributed by atoms with E-state index in [-0.39, 0.29) is 37.9 Å². The summed E-state index contributed by atoms with van der Waals surface area (Å²) in [6, 6.07) is 4.32. The lowest BCUT2D eigenvalue weighted by atomic mass is 10.0. The molecule has 6 atom stereocenters. The average Bonchev–Trinajstić information content (AvgIpc) is 3.84. The Hall–Kier alpha value is -5.67. The van der Waals surface area contributed by atoms with Crippen LogP contribution >= 0.6 is 0 Å². The molecule has 3 saturated heterocycles. The molecule has 3 heterocycles. The lowest BCUT2D eigenvalue weighted by Gasteiger charge is -2.34. The number of benzene rings is 2. The van der Waals surface area contributed by atoms with Crippen LogP contribution in [0.4, 0.5) is 8.78 Å². The third-order valence-electron chi connectivity index (χ3n) is 9.89. The average molecular weight is 751 g/mol. The molecule has 3 fully saturated rings. The first kappa shape index (κ1) is 39.5. The first-order chi connectivity index (χ1) is 25.7. The van der Waals surface area contributed by atoms with Gasteiger partial charge in [0, 0.05) is 38.7 Å². The first-order valence-corrected chi connectivity index (χ1v) is 17.9. The molecule has 2 aromatic carbocycles. The lowest BCUT2D eigenvalue weighted by Crippen LogP contribution is -2.60. The van der Waals surface area contributed by atoms with E-state index in [9.17, 15) is 42.3 Å². The molecule has 2 aromatic rings. The van der Waals surface area contributed by atoms with Crippen molar-refractivity contribution >= 4 is 47.5 Å². The van der Waals surface area contributed by atoms with Gasteiger partial charge in [-0.05, 0) is 68.9 Å². The van der Waals surface area contributed by atoms with Crippen LogP contribution in [-0.4, -0.2) is 119 Å². The minimum Gasteiger partial charge on any atom is -0.461 e. The standard InChI is InChI=1S/C38H44F2N6O8/c1-22-35(50)46-16-8-12-31(46)38(53)54-21-29(36(51)45-15-7-11-30(45)37(52)44(3)23(2)33(48)41-22)43-34(49)28(19-25-17-26(39)20-27(40)18-25)42-32(47)14-13-24-9-5-4-6-10-24/h4-6,9-10,13-14,17-18,20,22-23,28-31H,7-8,11-12,15-16,19,21H2,1-3H3,(H,41,48)(H,42,47)(H,43,49)/b14-13+/t22-,23-,28-,29-,30-,31-/m0/s1. The van der Waals surface area contributed by atoms with Gasteiger partial charge in [0.25, 0.3) is 0 Å². The van der Waals surface area contributed by atoms with Crippen LogP contribution in [0.15, 0.2) is 54.6 Å². The molecule has 54 heavy (non-hydrogen) atoms. The minimum atomic E-state index is -1.58. The highest BCUT2D eigenvalue weighted by molar-refractivity contribution is 5.99. The summed E-state index contributed by atoms with van der Waals surface area (Å²) in [6.45, 7) is 2.59. The van der Waals surface area contributed by atoms with Crippen molar-refractivity contribution in [2.45, 2.75) is 82.2 Å². The highest BCUT2D eigenvalue weighted by Gasteiger charge is 2.43. The zero-order valence-electron chi connectivity index (χ0n) is 30.3. The highest BCUT2D eigenvalue weighted by Crippen LogP contribution is 2.23. The number of amides is 6. The Morgan fingerprint density at radius 1 is 0.907 bits per heavy atom. The molecule has 288 valence electrons. The molecular formula is C38H44F2N6O8. The molecule has 0 saturated carbocycles. The summed E-state index contributed by atoms with van der Waals surface area (Å²) >= 11 is 0. The summed E-state index contributed by atoms with van der Waals surface area (Å²) in [7, 11) is 1.41. The number of hydrogen-bond donors (Lipinski definition) is 3. The van der Waals surface area contributed by atoms with Gasteiger partial charge < -0.3 is 35.4 Å². The number of carbonyl (C=O) groups excluding carboxylic acids is 7. The van der Waals surface area contributed by atoms with Gasteiger partial charge in [-0.2, -0.15) is 0 Å². The van der Waals surface area contributed by atoms with Crippen LogP contribution in [0.25, 0.3) is 6.08 Å². The predicted molar refractivity (Wildman–Crippen MR) is 190 cm³/mol. The summed E-state index contributed by atoms with van der Waals surface area (Å²) in [5, 5.41) is 7.70. The van der Waals surface area contributed by atoms with Gasteiger partial charge in [-0.1, -0.05) is 30.3 Å². The Kier molecular flexibility index (Phi) is 12.8. The molecule has 3 N–H and O–H groups in total. The van der Waals surface area contributed by atoms with Gasteiger partial charge in [0.05, 0.1) is 0 Å². The number of nitrogens with one attached hydrogen (secondary N) is 3. The number of likely N-dealkylation sites (N-methyl/N-ethyl adjacent to an activating group) is 1. The largest absolute Gasteiger partial charge is 0.461 e. The maximum Gasteiger partial charge on any atom is 0.328 e. The Labute approximate surface area is 311 Å². The second kappa shape index (κ2) is 17.4. The minimum absolute atomic E-state index is 0.0300. The molecule has 14 nitrogen and oxygen atoms in total. The van der Waals surface area contributed by atoms with Crippen molar-refractivity contribution in [3.63, 3.8) is 0 Å². The molecule has 3 aliphatic heterocycles. The second-order valence-corrected chi connectivity index (χ2v) is 13.7. The van der Waals surface area contributed by atoms with Gasteiger partial charge in [0.1, 0.15) is 54.5 Å². The van der Waals surface area contributed by atoms with Gasteiger partial charge >= 0.3 is 5.97 Å². The summed E-state index contributed by atoms with van der Waals surface area (Å²) in [5.41, 5.74) is 0.717. The molecule has 0 bridgehead atoms. The topological polar surface area (TPSA) is 175 Å².